The molecular formula is C15H17F7O2. The quantitative estimate of drug-likeness (QED) is 0.712. The number of halogens is 7. The van der Waals surface area contributed by atoms with Crippen molar-refractivity contribution in [3.8, 4) is 5.75 Å². The summed E-state index contributed by atoms with van der Waals surface area (Å²) in [4.78, 5) is 0. The van der Waals surface area contributed by atoms with Crippen molar-refractivity contribution in [3.05, 3.63) is 29.8 Å². The highest BCUT2D eigenvalue weighted by Gasteiger charge is 2.72. The monoisotopic (exact) mass is 362 g/mol. The highest BCUT2D eigenvalue weighted by atomic mass is 19.4. The van der Waals surface area contributed by atoms with Crippen LogP contribution in [0.15, 0.2) is 24.3 Å². The van der Waals surface area contributed by atoms with Gasteiger partial charge in [0, 0.05) is 12.0 Å². The second-order valence-electron chi connectivity index (χ2n) is 5.39. The van der Waals surface area contributed by atoms with E-state index in [1.165, 1.54) is 18.2 Å². The summed E-state index contributed by atoms with van der Waals surface area (Å²) in [5.41, 5.74) is -5.86. The number of para-hydroxylation sites is 1. The molecule has 1 aromatic carbocycles. The van der Waals surface area contributed by atoms with Crippen LogP contribution in [-0.4, -0.2) is 29.2 Å². The van der Waals surface area contributed by atoms with Crippen molar-refractivity contribution in [1.82, 2.24) is 0 Å². The van der Waals surface area contributed by atoms with Gasteiger partial charge in [-0.3, -0.25) is 0 Å². The van der Waals surface area contributed by atoms with Crippen LogP contribution in [0.4, 0.5) is 30.7 Å². The van der Waals surface area contributed by atoms with E-state index >= 15 is 0 Å². The Morgan fingerprint density at radius 1 is 1.00 bits per heavy atom. The molecule has 2 unspecified atom stereocenters. The summed E-state index contributed by atoms with van der Waals surface area (Å²) in [7, 11) is 0. The molecule has 9 heteroatoms. The van der Waals surface area contributed by atoms with Crippen LogP contribution in [0.3, 0.4) is 0 Å². The molecule has 138 valence electrons. The minimum absolute atomic E-state index is 0.0916. The first-order chi connectivity index (χ1) is 10.8. The molecule has 0 aliphatic carbocycles. The average Bonchev–Trinajstić information content (AvgIpc) is 2.45. The lowest BCUT2D eigenvalue weighted by molar-refractivity contribution is -0.347. The second kappa shape index (κ2) is 7.16. The van der Waals surface area contributed by atoms with Crippen molar-refractivity contribution in [2.45, 2.75) is 56.9 Å². The number of ether oxygens (including phenoxy) is 1. The second-order valence-corrected chi connectivity index (χ2v) is 5.39. The lowest BCUT2D eigenvalue weighted by Gasteiger charge is -2.32. The minimum atomic E-state index is -6.21. The van der Waals surface area contributed by atoms with E-state index in [0.717, 1.165) is 6.07 Å². The van der Waals surface area contributed by atoms with Gasteiger partial charge in [-0.05, 0) is 19.4 Å². The van der Waals surface area contributed by atoms with Gasteiger partial charge in [0.05, 0.1) is 12.2 Å². The van der Waals surface area contributed by atoms with Crippen molar-refractivity contribution in [2.24, 2.45) is 0 Å². The maximum absolute atomic E-state index is 13.8. The zero-order valence-electron chi connectivity index (χ0n) is 12.9. The van der Waals surface area contributed by atoms with Crippen molar-refractivity contribution in [3.63, 3.8) is 0 Å². The van der Waals surface area contributed by atoms with Gasteiger partial charge in [0.1, 0.15) is 5.75 Å². The number of hydrogen-bond acceptors (Lipinski definition) is 2. The molecule has 2 nitrogen and oxygen atoms in total. The lowest BCUT2D eigenvalue weighted by atomic mass is 9.92. The van der Waals surface area contributed by atoms with E-state index in [2.05, 4.69) is 0 Å². The van der Waals surface area contributed by atoms with Gasteiger partial charge in [0.2, 0.25) is 0 Å². The topological polar surface area (TPSA) is 29.5 Å². The molecule has 1 aromatic rings. The average molecular weight is 362 g/mol. The summed E-state index contributed by atoms with van der Waals surface area (Å²) >= 11 is 0. The summed E-state index contributed by atoms with van der Waals surface area (Å²) in [6.45, 7) is 3.39. The maximum atomic E-state index is 13.8. The summed E-state index contributed by atoms with van der Waals surface area (Å²) in [5.74, 6) is -0.0916. The van der Waals surface area contributed by atoms with Crippen LogP contribution in [0.25, 0.3) is 0 Å². The first kappa shape index (κ1) is 20.5. The molecule has 0 aromatic heterocycles. The molecule has 1 rings (SSSR count). The Morgan fingerprint density at radius 2 is 1.50 bits per heavy atom. The van der Waals surface area contributed by atoms with Crippen molar-refractivity contribution < 1.29 is 40.6 Å². The number of aliphatic hydroxyl groups is 1. The van der Waals surface area contributed by atoms with E-state index in [1.54, 1.807) is 13.8 Å². The van der Waals surface area contributed by atoms with Crippen LogP contribution in [0.1, 0.15) is 38.4 Å². The van der Waals surface area contributed by atoms with Crippen LogP contribution >= 0.6 is 0 Å². The van der Waals surface area contributed by atoms with Crippen LogP contribution in [0, 0.1) is 0 Å². The van der Waals surface area contributed by atoms with Crippen LogP contribution in [0.2, 0.25) is 0 Å². The molecule has 24 heavy (non-hydrogen) atoms. The fourth-order valence-corrected chi connectivity index (χ4v) is 1.93. The van der Waals surface area contributed by atoms with E-state index in [-0.39, 0.29) is 11.3 Å². The van der Waals surface area contributed by atoms with Crippen LogP contribution in [-0.2, 0) is 0 Å². The third-order valence-corrected chi connectivity index (χ3v) is 3.55. The molecule has 1 N–H and O–H groups in total. The fraction of sp³-hybridized carbons (Fsp3) is 0.600. The van der Waals surface area contributed by atoms with E-state index < -0.39 is 36.7 Å². The summed E-state index contributed by atoms with van der Waals surface area (Å²) in [5, 5.41) is 9.83. The Labute approximate surface area is 134 Å². The molecule has 0 bridgehead atoms. The van der Waals surface area contributed by atoms with Gasteiger partial charge in [0.15, 0.2) is 0 Å². The largest absolute Gasteiger partial charge is 0.490 e. The highest BCUT2D eigenvalue weighted by Crippen LogP contribution is 2.51. The van der Waals surface area contributed by atoms with Crippen molar-refractivity contribution >= 4 is 0 Å². The van der Waals surface area contributed by atoms with E-state index in [4.69, 9.17) is 4.74 Å². The third-order valence-electron chi connectivity index (χ3n) is 3.55. The lowest BCUT2D eigenvalue weighted by Crippen LogP contribution is -2.54. The Kier molecular flexibility index (Phi) is 6.13. The molecule has 0 spiro atoms. The SMILES string of the molecule is CCC(C)Oc1ccccc1C(O)CC(F)(C(F)(F)F)C(F)(F)F. The molecule has 0 radical (unpaired) electrons. The Hall–Kier alpha value is -1.51. The summed E-state index contributed by atoms with van der Waals surface area (Å²) in [6.07, 6.45) is -16.8. The van der Waals surface area contributed by atoms with E-state index in [0.29, 0.717) is 6.42 Å². The number of aliphatic hydroxyl groups excluding tert-OH is 1. The molecule has 0 heterocycles. The Morgan fingerprint density at radius 3 is 1.96 bits per heavy atom. The highest BCUT2D eigenvalue weighted by molar-refractivity contribution is 5.35. The van der Waals surface area contributed by atoms with Gasteiger partial charge in [-0.1, -0.05) is 25.1 Å². The maximum Gasteiger partial charge on any atom is 0.431 e. The Bertz CT molecular complexity index is 525. The van der Waals surface area contributed by atoms with Gasteiger partial charge >= 0.3 is 18.0 Å². The predicted molar refractivity (Wildman–Crippen MR) is 72.3 cm³/mol. The van der Waals surface area contributed by atoms with E-state index in [1.807, 2.05) is 0 Å². The first-order valence-electron chi connectivity index (χ1n) is 7.09. The van der Waals surface area contributed by atoms with Crippen molar-refractivity contribution in [1.29, 1.82) is 0 Å². The normalized spacial score (nSPS) is 15.9. The summed E-state index contributed by atoms with van der Waals surface area (Å²) < 4.78 is 94.7. The predicted octanol–water partition coefficient (Wildman–Crippen LogP) is 5.12. The van der Waals surface area contributed by atoms with Gasteiger partial charge in [-0.25, -0.2) is 4.39 Å². The minimum Gasteiger partial charge on any atom is -0.490 e. The molecule has 0 fully saturated rings. The fourth-order valence-electron chi connectivity index (χ4n) is 1.93. The zero-order chi connectivity index (χ0) is 18.8. The molecule has 0 aliphatic rings. The smallest absolute Gasteiger partial charge is 0.431 e. The first-order valence-corrected chi connectivity index (χ1v) is 7.09. The van der Waals surface area contributed by atoms with Crippen LogP contribution in [0.5, 0.6) is 5.75 Å². The molecule has 0 aliphatic heterocycles. The molecule has 0 saturated carbocycles. The zero-order valence-corrected chi connectivity index (χ0v) is 12.9. The van der Waals surface area contributed by atoms with Gasteiger partial charge in [-0.2, -0.15) is 26.3 Å². The molecule has 2 atom stereocenters. The molecule has 0 amide bonds. The number of alkyl halides is 7. The molecular weight excluding hydrogens is 345 g/mol. The number of benzene rings is 1. The van der Waals surface area contributed by atoms with E-state index in [9.17, 15) is 35.8 Å². The standard InChI is InChI=1S/C15H17F7O2/c1-3-9(2)24-12-7-5-4-6-10(12)11(23)8-13(16,14(17,18)19)15(20,21)22/h4-7,9,11,23H,3,8H2,1-2H3. The Balaban J connectivity index is 3.16. The third kappa shape index (κ3) is 4.31. The molecule has 0 saturated heterocycles. The van der Waals surface area contributed by atoms with Gasteiger partial charge in [-0.15, -0.1) is 0 Å². The van der Waals surface area contributed by atoms with Gasteiger partial charge < -0.3 is 9.84 Å². The number of rotatable bonds is 6. The van der Waals surface area contributed by atoms with Gasteiger partial charge in [0.25, 0.3) is 0 Å². The van der Waals surface area contributed by atoms with Crippen LogP contribution < -0.4 is 4.74 Å². The van der Waals surface area contributed by atoms with Crippen molar-refractivity contribution in [2.75, 3.05) is 0 Å². The summed E-state index contributed by atoms with van der Waals surface area (Å²) in [6, 6.07) is 5.11. The number of hydrogen-bond donors (Lipinski definition) is 1.